The van der Waals surface area contributed by atoms with Gasteiger partial charge >= 0.3 is 0 Å². The molecule has 0 spiro atoms. The Morgan fingerprint density at radius 3 is 2.29 bits per heavy atom. The maximum Gasteiger partial charge on any atom is 0.254 e. The van der Waals surface area contributed by atoms with E-state index in [4.69, 9.17) is 5.73 Å². The van der Waals surface area contributed by atoms with E-state index in [0.717, 1.165) is 36.8 Å². The average molecular weight is 286 g/mol. The van der Waals surface area contributed by atoms with Gasteiger partial charge in [-0.2, -0.15) is 0 Å². The second-order valence-electron chi connectivity index (χ2n) is 7.62. The molecule has 1 amide bonds. The molecule has 0 aromatic heterocycles. The predicted octanol–water partition coefficient (Wildman–Crippen LogP) is 3.08. The summed E-state index contributed by atoms with van der Waals surface area (Å²) in [4.78, 5) is 15.3. The molecular weight excluding hydrogens is 260 g/mol. The number of nitrogens with two attached hydrogens (primary N) is 1. The highest BCUT2D eigenvalue weighted by atomic mass is 16.2. The van der Waals surface area contributed by atoms with Gasteiger partial charge in [0, 0.05) is 23.7 Å². The summed E-state index contributed by atoms with van der Waals surface area (Å²) in [7, 11) is 0. The van der Waals surface area contributed by atoms with Crippen LogP contribution in [0, 0.1) is 0 Å². The third kappa shape index (κ3) is 2.59. The topological polar surface area (TPSA) is 46.3 Å². The molecule has 3 rings (SSSR count). The molecule has 3 heteroatoms. The minimum Gasteiger partial charge on any atom is -0.333 e. The van der Waals surface area contributed by atoms with Gasteiger partial charge in [0.15, 0.2) is 0 Å². The number of hydrogen-bond acceptors (Lipinski definition) is 2. The van der Waals surface area contributed by atoms with Crippen LogP contribution in [-0.4, -0.2) is 28.9 Å². The highest BCUT2D eigenvalue weighted by molar-refractivity contribution is 5.96. The smallest absolute Gasteiger partial charge is 0.254 e. The lowest BCUT2D eigenvalue weighted by Gasteiger charge is -2.38. The van der Waals surface area contributed by atoms with Crippen molar-refractivity contribution in [1.82, 2.24) is 4.90 Å². The van der Waals surface area contributed by atoms with Crippen LogP contribution in [0.3, 0.4) is 0 Å². The van der Waals surface area contributed by atoms with E-state index in [1.165, 1.54) is 0 Å². The van der Waals surface area contributed by atoms with Crippen LogP contribution in [0.5, 0.6) is 0 Å². The second-order valence-corrected chi connectivity index (χ2v) is 7.62. The zero-order valence-corrected chi connectivity index (χ0v) is 13.3. The SMILES string of the molecule is CC(C)(C)c1ccccc1C(=O)N1C2CCC1CC(N)C2. The quantitative estimate of drug-likeness (QED) is 0.862. The molecule has 1 aromatic rings. The molecule has 0 saturated carbocycles. The van der Waals surface area contributed by atoms with Gasteiger partial charge in [-0.05, 0) is 42.7 Å². The molecule has 2 fully saturated rings. The Bertz CT molecular complexity index is 532. The van der Waals surface area contributed by atoms with Crippen molar-refractivity contribution in [2.75, 3.05) is 0 Å². The molecule has 2 bridgehead atoms. The van der Waals surface area contributed by atoms with Crippen LogP contribution in [0.15, 0.2) is 24.3 Å². The van der Waals surface area contributed by atoms with Gasteiger partial charge in [-0.3, -0.25) is 4.79 Å². The summed E-state index contributed by atoms with van der Waals surface area (Å²) in [5, 5.41) is 0. The van der Waals surface area contributed by atoms with E-state index < -0.39 is 0 Å². The number of carbonyl (C=O) groups excluding carboxylic acids is 1. The summed E-state index contributed by atoms with van der Waals surface area (Å²) in [6.07, 6.45) is 4.14. The summed E-state index contributed by atoms with van der Waals surface area (Å²) in [6, 6.07) is 9.03. The number of carbonyl (C=O) groups is 1. The van der Waals surface area contributed by atoms with Crippen LogP contribution in [0.1, 0.15) is 62.4 Å². The Morgan fingerprint density at radius 2 is 1.71 bits per heavy atom. The minimum absolute atomic E-state index is 0.0164. The van der Waals surface area contributed by atoms with E-state index >= 15 is 0 Å². The molecule has 2 N–H and O–H groups in total. The molecular formula is C18H26N2O. The van der Waals surface area contributed by atoms with Crippen LogP contribution in [-0.2, 0) is 5.41 Å². The molecule has 2 heterocycles. The van der Waals surface area contributed by atoms with E-state index in [0.29, 0.717) is 12.1 Å². The van der Waals surface area contributed by atoms with Crippen LogP contribution < -0.4 is 5.73 Å². The summed E-state index contributed by atoms with van der Waals surface area (Å²) in [6.45, 7) is 6.50. The molecule has 0 radical (unpaired) electrons. The summed E-state index contributed by atoms with van der Waals surface area (Å²) in [5.74, 6) is 0.208. The maximum atomic E-state index is 13.1. The number of benzene rings is 1. The predicted molar refractivity (Wildman–Crippen MR) is 85.3 cm³/mol. The van der Waals surface area contributed by atoms with Gasteiger partial charge in [0.05, 0.1) is 0 Å². The summed E-state index contributed by atoms with van der Waals surface area (Å²) >= 11 is 0. The fraction of sp³-hybridized carbons (Fsp3) is 0.611. The second kappa shape index (κ2) is 5.13. The van der Waals surface area contributed by atoms with Crippen LogP contribution in [0.4, 0.5) is 0 Å². The first-order chi connectivity index (χ1) is 9.88. The largest absolute Gasteiger partial charge is 0.333 e. The van der Waals surface area contributed by atoms with Crippen molar-refractivity contribution in [1.29, 1.82) is 0 Å². The van der Waals surface area contributed by atoms with Crippen LogP contribution >= 0.6 is 0 Å². The molecule has 114 valence electrons. The van der Waals surface area contributed by atoms with Crippen molar-refractivity contribution in [3.8, 4) is 0 Å². The van der Waals surface area contributed by atoms with Crippen molar-refractivity contribution in [2.24, 2.45) is 5.73 Å². The minimum atomic E-state index is -0.0164. The molecule has 2 saturated heterocycles. The lowest BCUT2D eigenvalue weighted by Crippen LogP contribution is -2.50. The number of fused-ring (bicyclic) bond motifs is 2. The van der Waals surface area contributed by atoms with Crippen molar-refractivity contribution in [3.63, 3.8) is 0 Å². The summed E-state index contributed by atoms with van der Waals surface area (Å²) in [5.41, 5.74) is 8.12. The molecule has 2 aliphatic heterocycles. The van der Waals surface area contributed by atoms with Crippen molar-refractivity contribution in [2.45, 2.75) is 70.0 Å². The molecule has 0 aliphatic carbocycles. The normalized spacial score (nSPS) is 28.8. The first-order valence-electron chi connectivity index (χ1n) is 8.05. The third-order valence-electron chi connectivity index (χ3n) is 4.97. The van der Waals surface area contributed by atoms with E-state index in [-0.39, 0.29) is 17.4 Å². The van der Waals surface area contributed by atoms with E-state index in [1.54, 1.807) is 0 Å². The molecule has 2 unspecified atom stereocenters. The van der Waals surface area contributed by atoms with E-state index in [1.807, 2.05) is 18.2 Å². The first kappa shape index (κ1) is 14.6. The Hall–Kier alpha value is -1.35. The molecule has 2 aliphatic rings. The Morgan fingerprint density at radius 1 is 1.14 bits per heavy atom. The zero-order chi connectivity index (χ0) is 15.2. The van der Waals surface area contributed by atoms with E-state index in [9.17, 15) is 4.79 Å². The number of hydrogen-bond donors (Lipinski definition) is 1. The van der Waals surface area contributed by atoms with Gasteiger partial charge in [-0.25, -0.2) is 0 Å². The maximum absolute atomic E-state index is 13.1. The molecule has 21 heavy (non-hydrogen) atoms. The average Bonchev–Trinajstić information content (AvgIpc) is 2.69. The lowest BCUT2D eigenvalue weighted by atomic mass is 9.83. The molecule has 3 nitrogen and oxygen atoms in total. The fourth-order valence-corrected chi connectivity index (χ4v) is 4.01. The van der Waals surface area contributed by atoms with Crippen molar-refractivity contribution in [3.05, 3.63) is 35.4 Å². The number of piperidine rings is 1. The number of rotatable bonds is 1. The highest BCUT2D eigenvalue weighted by Crippen LogP contribution is 2.37. The number of nitrogens with zero attached hydrogens (tertiary/aromatic N) is 1. The van der Waals surface area contributed by atoms with Gasteiger partial charge in [0.1, 0.15) is 0 Å². The fourth-order valence-electron chi connectivity index (χ4n) is 4.01. The van der Waals surface area contributed by atoms with Gasteiger partial charge in [-0.1, -0.05) is 39.0 Å². The van der Waals surface area contributed by atoms with Gasteiger partial charge in [0.25, 0.3) is 5.91 Å². The summed E-state index contributed by atoms with van der Waals surface area (Å²) < 4.78 is 0. The van der Waals surface area contributed by atoms with Crippen molar-refractivity contribution < 1.29 is 4.79 Å². The Balaban J connectivity index is 1.94. The number of amides is 1. The monoisotopic (exact) mass is 286 g/mol. The first-order valence-corrected chi connectivity index (χ1v) is 8.05. The molecule has 1 aromatic carbocycles. The lowest BCUT2D eigenvalue weighted by molar-refractivity contribution is 0.0572. The standard InChI is InChI=1S/C18H26N2O/c1-18(2,3)16-7-5-4-6-15(16)17(21)20-13-8-9-14(20)11-12(19)10-13/h4-7,12-14H,8-11,19H2,1-3H3. The van der Waals surface area contributed by atoms with Crippen molar-refractivity contribution >= 4 is 5.91 Å². The Kier molecular flexibility index (Phi) is 3.56. The third-order valence-corrected chi connectivity index (χ3v) is 4.97. The highest BCUT2D eigenvalue weighted by Gasteiger charge is 2.43. The Labute approximate surface area is 127 Å². The van der Waals surface area contributed by atoms with Crippen LogP contribution in [0.25, 0.3) is 0 Å². The van der Waals surface area contributed by atoms with E-state index in [2.05, 4.69) is 31.7 Å². The zero-order valence-electron chi connectivity index (χ0n) is 13.3. The van der Waals surface area contributed by atoms with Gasteiger partial charge in [-0.15, -0.1) is 0 Å². The molecule has 2 atom stereocenters. The van der Waals surface area contributed by atoms with Crippen LogP contribution in [0.2, 0.25) is 0 Å². The van der Waals surface area contributed by atoms with Gasteiger partial charge < -0.3 is 10.6 Å². The van der Waals surface area contributed by atoms with Gasteiger partial charge in [0.2, 0.25) is 0 Å².